The summed E-state index contributed by atoms with van der Waals surface area (Å²) in [7, 11) is 3.23. The molecule has 0 radical (unpaired) electrons. The quantitative estimate of drug-likeness (QED) is 0.877. The van der Waals surface area contributed by atoms with Gasteiger partial charge in [0, 0.05) is 7.05 Å². The molecule has 1 amide bonds. The molecule has 1 aromatic heterocycles. The molecule has 3 N–H and O–H groups in total. The van der Waals surface area contributed by atoms with Crippen molar-refractivity contribution in [2.75, 3.05) is 18.2 Å². The first-order chi connectivity index (χ1) is 9.04. The Morgan fingerprint density at radius 1 is 1.42 bits per heavy atom. The van der Waals surface area contributed by atoms with E-state index in [0.29, 0.717) is 28.5 Å². The molecular weight excluding hydrogens is 244 g/mol. The molecule has 0 aliphatic heterocycles. The van der Waals surface area contributed by atoms with Crippen LogP contribution in [-0.2, 0) is 7.05 Å². The van der Waals surface area contributed by atoms with E-state index in [9.17, 15) is 4.79 Å². The highest BCUT2D eigenvalue weighted by Crippen LogP contribution is 2.24. The number of nitrogens with one attached hydrogen (secondary N) is 1. The summed E-state index contributed by atoms with van der Waals surface area (Å²) in [6, 6.07) is 7.18. The Bertz CT molecular complexity index is 619. The van der Waals surface area contributed by atoms with Crippen LogP contribution in [0.25, 0.3) is 0 Å². The lowest BCUT2D eigenvalue weighted by molar-refractivity contribution is 0.101. The van der Waals surface area contributed by atoms with Gasteiger partial charge in [0.15, 0.2) is 0 Å². The number of carbonyl (C=O) groups excluding carboxylic acids is 1. The maximum atomic E-state index is 12.2. The molecule has 1 aromatic carbocycles. The first-order valence-electron chi connectivity index (χ1n) is 5.78. The molecule has 0 atom stereocenters. The largest absolute Gasteiger partial charge is 0.495 e. The lowest BCUT2D eigenvalue weighted by atomic mass is 10.2. The summed E-state index contributed by atoms with van der Waals surface area (Å²) in [5.74, 6) is 0.276. The fourth-order valence-corrected chi connectivity index (χ4v) is 1.87. The molecule has 2 aromatic rings. The molecule has 6 heteroatoms. The van der Waals surface area contributed by atoms with Crippen LogP contribution in [0, 0.1) is 6.92 Å². The summed E-state index contributed by atoms with van der Waals surface area (Å²) in [5, 5.41) is 6.88. The highest BCUT2D eigenvalue weighted by Gasteiger charge is 2.18. The number of carbonyl (C=O) groups is 1. The van der Waals surface area contributed by atoms with Gasteiger partial charge in [-0.25, -0.2) is 0 Å². The zero-order chi connectivity index (χ0) is 14.0. The number of para-hydroxylation sites is 2. The van der Waals surface area contributed by atoms with Crippen LogP contribution in [0.3, 0.4) is 0 Å². The van der Waals surface area contributed by atoms with Gasteiger partial charge in [-0.1, -0.05) is 12.1 Å². The second-order valence-corrected chi connectivity index (χ2v) is 4.13. The highest BCUT2D eigenvalue weighted by molar-refractivity contribution is 6.07. The Morgan fingerprint density at radius 2 is 2.11 bits per heavy atom. The SMILES string of the molecule is COc1ccccc1NC(=O)c1c(N)c(C)nn1C. The normalized spacial score (nSPS) is 10.3. The van der Waals surface area contributed by atoms with E-state index < -0.39 is 0 Å². The number of hydrogen-bond acceptors (Lipinski definition) is 4. The Labute approximate surface area is 111 Å². The predicted octanol–water partition coefficient (Wildman–Crippen LogP) is 1.57. The van der Waals surface area contributed by atoms with Gasteiger partial charge >= 0.3 is 0 Å². The first-order valence-corrected chi connectivity index (χ1v) is 5.78. The zero-order valence-electron chi connectivity index (χ0n) is 11.1. The van der Waals surface area contributed by atoms with E-state index in [1.165, 1.54) is 4.68 Å². The number of nitrogens with zero attached hydrogens (tertiary/aromatic N) is 2. The number of nitrogen functional groups attached to an aromatic ring is 1. The molecule has 0 aliphatic rings. The Hall–Kier alpha value is -2.50. The lowest BCUT2D eigenvalue weighted by Crippen LogP contribution is -2.18. The molecule has 6 nitrogen and oxygen atoms in total. The molecular formula is C13H16N4O2. The predicted molar refractivity (Wildman–Crippen MR) is 73.3 cm³/mol. The molecule has 0 bridgehead atoms. The maximum absolute atomic E-state index is 12.2. The second-order valence-electron chi connectivity index (χ2n) is 4.13. The third-order valence-corrected chi connectivity index (χ3v) is 2.84. The summed E-state index contributed by atoms with van der Waals surface area (Å²) in [4.78, 5) is 12.2. The molecule has 0 aliphatic carbocycles. The van der Waals surface area contributed by atoms with Gasteiger partial charge < -0.3 is 15.8 Å². The minimum atomic E-state index is -0.315. The Balaban J connectivity index is 2.31. The standard InChI is InChI=1S/C13H16N4O2/c1-8-11(14)12(17(2)16-8)13(18)15-9-6-4-5-7-10(9)19-3/h4-7H,14H2,1-3H3,(H,15,18). The van der Waals surface area contributed by atoms with Crippen molar-refractivity contribution in [1.82, 2.24) is 9.78 Å². The molecule has 0 fully saturated rings. The summed E-state index contributed by atoms with van der Waals surface area (Å²) in [5.41, 5.74) is 7.80. The number of methoxy groups -OCH3 is 1. The minimum Gasteiger partial charge on any atom is -0.495 e. The van der Waals surface area contributed by atoms with Crippen molar-refractivity contribution in [3.8, 4) is 5.75 Å². The van der Waals surface area contributed by atoms with Crippen LogP contribution >= 0.6 is 0 Å². The van der Waals surface area contributed by atoms with Crippen molar-refractivity contribution < 1.29 is 9.53 Å². The van der Waals surface area contributed by atoms with Gasteiger partial charge in [0.2, 0.25) is 0 Å². The van der Waals surface area contributed by atoms with Crippen molar-refractivity contribution in [1.29, 1.82) is 0 Å². The number of ether oxygens (including phenoxy) is 1. The van der Waals surface area contributed by atoms with Crippen LogP contribution in [0.1, 0.15) is 16.2 Å². The number of nitrogens with two attached hydrogens (primary N) is 1. The van der Waals surface area contributed by atoms with Crippen LogP contribution in [0.2, 0.25) is 0 Å². The van der Waals surface area contributed by atoms with Crippen molar-refractivity contribution in [2.45, 2.75) is 6.92 Å². The van der Waals surface area contributed by atoms with Crippen molar-refractivity contribution in [3.63, 3.8) is 0 Å². The van der Waals surface area contributed by atoms with E-state index >= 15 is 0 Å². The molecule has 19 heavy (non-hydrogen) atoms. The molecule has 0 unspecified atom stereocenters. The van der Waals surface area contributed by atoms with E-state index in [0.717, 1.165) is 0 Å². The third kappa shape index (κ3) is 2.37. The fourth-order valence-electron chi connectivity index (χ4n) is 1.87. The third-order valence-electron chi connectivity index (χ3n) is 2.84. The van der Waals surface area contributed by atoms with Crippen LogP contribution < -0.4 is 15.8 Å². The van der Waals surface area contributed by atoms with Crippen LogP contribution in [-0.4, -0.2) is 22.8 Å². The number of benzene rings is 1. The molecule has 0 saturated carbocycles. The Morgan fingerprint density at radius 3 is 2.68 bits per heavy atom. The van der Waals surface area contributed by atoms with Gasteiger partial charge in [-0.2, -0.15) is 5.10 Å². The van der Waals surface area contributed by atoms with Gasteiger partial charge in [-0.15, -0.1) is 0 Å². The van der Waals surface area contributed by atoms with Crippen LogP contribution in [0.15, 0.2) is 24.3 Å². The number of rotatable bonds is 3. The summed E-state index contributed by atoms with van der Waals surface area (Å²) < 4.78 is 6.65. The summed E-state index contributed by atoms with van der Waals surface area (Å²) in [6.45, 7) is 1.76. The molecule has 0 spiro atoms. The van der Waals surface area contributed by atoms with Crippen LogP contribution in [0.5, 0.6) is 5.75 Å². The average Bonchev–Trinajstić information content (AvgIpc) is 2.64. The van der Waals surface area contributed by atoms with Crippen molar-refractivity contribution in [2.24, 2.45) is 7.05 Å². The minimum absolute atomic E-state index is 0.315. The fraction of sp³-hybridized carbons (Fsp3) is 0.231. The lowest BCUT2D eigenvalue weighted by Gasteiger charge is -2.10. The molecule has 0 saturated heterocycles. The number of aromatic nitrogens is 2. The van der Waals surface area contributed by atoms with Crippen LogP contribution in [0.4, 0.5) is 11.4 Å². The second kappa shape index (κ2) is 5.01. The van der Waals surface area contributed by atoms with E-state index in [1.54, 1.807) is 33.2 Å². The number of hydrogen-bond donors (Lipinski definition) is 2. The van der Waals surface area contributed by atoms with Gasteiger partial charge in [-0.05, 0) is 19.1 Å². The Kier molecular flexibility index (Phi) is 3.41. The zero-order valence-corrected chi connectivity index (χ0v) is 11.1. The van der Waals surface area contributed by atoms with E-state index in [1.807, 2.05) is 12.1 Å². The number of aryl methyl sites for hydroxylation is 2. The highest BCUT2D eigenvalue weighted by atomic mass is 16.5. The van der Waals surface area contributed by atoms with Gasteiger partial charge in [0.25, 0.3) is 5.91 Å². The monoisotopic (exact) mass is 260 g/mol. The smallest absolute Gasteiger partial charge is 0.276 e. The van der Waals surface area contributed by atoms with Gasteiger partial charge in [-0.3, -0.25) is 9.48 Å². The van der Waals surface area contributed by atoms with Gasteiger partial charge in [0.05, 0.1) is 24.2 Å². The summed E-state index contributed by atoms with van der Waals surface area (Å²) >= 11 is 0. The molecule has 100 valence electrons. The molecule has 2 rings (SSSR count). The maximum Gasteiger partial charge on any atom is 0.276 e. The van der Waals surface area contributed by atoms with E-state index in [2.05, 4.69) is 10.4 Å². The van der Waals surface area contributed by atoms with Crippen molar-refractivity contribution >= 4 is 17.3 Å². The first kappa shape index (κ1) is 12.9. The van der Waals surface area contributed by atoms with Gasteiger partial charge in [0.1, 0.15) is 11.4 Å². The van der Waals surface area contributed by atoms with E-state index in [-0.39, 0.29) is 5.91 Å². The number of amides is 1. The van der Waals surface area contributed by atoms with E-state index in [4.69, 9.17) is 10.5 Å². The number of anilines is 2. The average molecular weight is 260 g/mol. The topological polar surface area (TPSA) is 82.2 Å². The summed E-state index contributed by atoms with van der Waals surface area (Å²) in [6.07, 6.45) is 0. The van der Waals surface area contributed by atoms with Crippen molar-refractivity contribution in [3.05, 3.63) is 35.7 Å². The molecule has 1 heterocycles.